The van der Waals surface area contributed by atoms with Crippen LogP contribution in [0.25, 0.3) is 16.7 Å². The summed E-state index contributed by atoms with van der Waals surface area (Å²) in [4.78, 5) is 18.0. The highest BCUT2D eigenvalue weighted by molar-refractivity contribution is 6.33. The zero-order valence-electron chi connectivity index (χ0n) is 14.8. The maximum atomic E-state index is 15.1. The van der Waals surface area contributed by atoms with Crippen LogP contribution in [0.2, 0.25) is 0 Å². The second-order valence-corrected chi connectivity index (χ2v) is 6.76. The molecule has 0 aliphatic heterocycles. The Bertz CT molecular complexity index is 925. The maximum Gasteiger partial charge on any atom is 0.258 e. The molecule has 2 N–H and O–H groups in total. The summed E-state index contributed by atoms with van der Waals surface area (Å²) >= 11 is 6.29. The van der Waals surface area contributed by atoms with Crippen molar-refractivity contribution in [2.45, 2.75) is 6.42 Å². The number of rotatable bonds is 4. The first-order chi connectivity index (χ1) is 12.3. The summed E-state index contributed by atoms with van der Waals surface area (Å²) in [7, 11) is 4.69. The number of amides is 1. The normalized spacial score (nSPS) is 13.1. The second-order valence-electron chi connectivity index (χ2n) is 6.30. The zero-order chi connectivity index (χ0) is 19.0. The molecule has 26 heavy (non-hydrogen) atoms. The molecule has 1 amide bonds. The van der Waals surface area contributed by atoms with Gasteiger partial charge in [-0.05, 0) is 18.2 Å². The molecule has 1 aromatic carbocycles. The molecule has 0 radical (unpaired) electrons. The van der Waals surface area contributed by atoms with E-state index in [1.54, 1.807) is 33.5 Å². The van der Waals surface area contributed by atoms with Gasteiger partial charge in [0.1, 0.15) is 5.82 Å². The average Bonchev–Trinajstić information content (AvgIpc) is 2.90. The van der Waals surface area contributed by atoms with Gasteiger partial charge in [0.05, 0.1) is 17.9 Å². The van der Waals surface area contributed by atoms with Crippen LogP contribution < -0.4 is 5.73 Å². The monoisotopic (exact) mass is 375 g/mol. The Morgan fingerprint density at radius 2 is 2.12 bits per heavy atom. The fourth-order valence-corrected chi connectivity index (χ4v) is 3.28. The van der Waals surface area contributed by atoms with E-state index < -0.39 is 11.7 Å². The molecule has 2 aromatic rings. The van der Waals surface area contributed by atoms with E-state index in [1.807, 2.05) is 6.07 Å². The Morgan fingerprint density at radius 1 is 1.38 bits per heavy atom. The molecule has 0 atom stereocenters. The number of carbonyl (C=O) groups excluding carboxylic acids is 1. The Kier molecular flexibility index (Phi) is 4.98. The van der Waals surface area contributed by atoms with E-state index in [0.29, 0.717) is 23.6 Å². The lowest BCUT2D eigenvalue weighted by atomic mass is 9.98. The van der Waals surface area contributed by atoms with E-state index in [9.17, 15) is 4.79 Å². The summed E-state index contributed by atoms with van der Waals surface area (Å²) < 4.78 is 20.3. The number of hydrogen-bond acceptors (Lipinski definition) is 4. The fourth-order valence-electron chi connectivity index (χ4n) is 3.00. The molecule has 0 unspecified atom stereocenters. The lowest BCUT2D eigenvalue weighted by Gasteiger charge is -2.15. The number of methoxy groups -OCH3 is 1. The Hall–Kier alpha value is -2.44. The zero-order valence-corrected chi connectivity index (χ0v) is 15.5. The third-order valence-electron chi connectivity index (χ3n) is 4.34. The first kappa shape index (κ1) is 18.4. The molecular formula is C19H19ClFN3O2. The van der Waals surface area contributed by atoms with Crippen LogP contribution in [0.3, 0.4) is 0 Å². The number of carbonyl (C=O) groups is 1. The number of halogens is 2. The number of anilines is 1. The van der Waals surface area contributed by atoms with Crippen molar-refractivity contribution in [3.05, 3.63) is 52.1 Å². The van der Waals surface area contributed by atoms with Gasteiger partial charge in [-0.1, -0.05) is 11.6 Å². The number of pyridine rings is 1. The highest BCUT2D eigenvalue weighted by Gasteiger charge is 2.25. The molecule has 1 heterocycles. The van der Waals surface area contributed by atoms with Gasteiger partial charge in [-0.3, -0.25) is 9.78 Å². The minimum absolute atomic E-state index is 0.0991. The van der Waals surface area contributed by atoms with Crippen molar-refractivity contribution in [1.82, 2.24) is 9.88 Å². The molecule has 136 valence electrons. The minimum Gasteiger partial charge on any atom is -0.398 e. The van der Waals surface area contributed by atoms with Crippen LogP contribution in [0, 0.1) is 5.82 Å². The SMILES string of the molecule is COCC1=C(Cl)Cc2ncc(-c3ccc(N)c(C(=O)N(C)C)c3F)cc21. The molecule has 1 aliphatic rings. The number of nitrogens with zero attached hydrogens (tertiary/aromatic N) is 2. The van der Waals surface area contributed by atoms with Gasteiger partial charge >= 0.3 is 0 Å². The summed E-state index contributed by atoms with van der Waals surface area (Å²) in [5, 5.41) is 0.674. The van der Waals surface area contributed by atoms with E-state index >= 15 is 4.39 Å². The van der Waals surface area contributed by atoms with Crippen LogP contribution in [-0.2, 0) is 11.2 Å². The first-order valence-electron chi connectivity index (χ1n) is 8.00. The van der Waals surface area contributed by atoms with E-state index in [2.05, 4.69) is 4.98 Å². The van der Waals surface area contributed by atoms with Crippen molar-refractivity contribution in [2.75, 3.05) is 33.5 Å². The molecule has 0 fully saturated rings. The van der Waals surface area contributed by atoms with Crippen LogP contribution in [0.4, 0.5) is 10.1 Å². The quantitative estimate of drug-likeness (QED) is 0.832. The molecule has 3 rings (SSSR count). The number of nitrogen functional groups attached to an aromatic ring is 1. The topological polar surface area (TPSA) is 68.5 Å². The van der Waals surface area contributed by atoms with Gasteiger partial charge in [0.2, 0.25) is 0 Å². The molecule has 0 saturated carbocycles. The van der Waals surface area contributed by atoms with Crippen LogP contribution in [0.1, 0.15) is 21.6 Å². The summed E-state index contributed by atoms with van der Waals surface area (Å²) in [6, 6.07) is 4.91. The molecular weight excluding hydrogens is 357 g/mol. The van der Waals surface area contributed by atoms with Gasteiger partial charge in [0.25, 0.3) is 5.91 Å². The summed E-state index contributed by atoms with van der Waals surface area (Å²) in [6.07, 6.45) is 2.11. The third kappa shape index (κ3) is 3.06. The maximum absolute atomic E-state index is 15.1. The van der Waals surface area contributed by atoms with E-state index in [-0.39, 0.29) is 16.8 Å². The van der Waals surface area contributed by atoms with Gasteiger partial charge in [-0.15, -0.1) is 0 Å². The van der Waals surface area contributed by atoms with Gasteiger partial charge < -0.3 is 15.4 Å². The predicted molar refractivity (Wildman–Crippen MR) is 100 cm³/mol. The van der Waals surface area contributed by atoms with Crippen LogP contribution in [0.5, 0.6) is 0 Å². The Balaban J connectivity index is 2.12. The van der Waals surface area contributed by atoms with Crippen LogP contribution >= 0.6 is 11.6 Å². The number of allylic oxidation sites excluding steroid dienone is 1. The van der Waals surface area contributed by atoms with Crippen molar-refractivity contribution < 1.29 is 13.9 Å². The third-order valence-corrected chi connectivity index (χ3v) is 4.70. The van der Waals surface area contributed by atoms with Crippen molar-refractivity contribution in [2.24, 2.45) is 0 Å². The summed E-state index contributed by atoms with van der Waals surface area (Å²) in [5.41, 5.74) is 9.12. The number of aromatic nitrogens is 1. The predicted octanol–water partition coefficient (Wildman–Crippen LogP) is 3.32. The molecule has 5 nitrogen and oxygen atoms in total. The van der Waals surface area contributed by atoms with Crippen molar-refractivity contribution in [3.8, 4) is 11.1 Å². The van der Waals surface area contributed by atoms with E-state index in [0.717, 1.165) is 16.8 Å². The van der Waals surface area contributed by atoms with E-state index in [1.165, 1.54) is 11.0 Å². The Labute approximate surface area is 156 Å². The molecule has 1 aliphatic carbocycles. The lowest BCUT2D eigenvalue weighted by molar-refractivity contribution is 0.0824. The minimum atomic E-state index is -0.660. The van der Waals surface area contributed by atoms with Gasteiger partial charge in [0.15, 0.2) is 0 Å². The molecule has 1 aromatic heterocycles. The molecule has 0 saturated heterocycles. The fraction of sp³-hybridized carbons (Fsp3) is 0.263. The number of ether oxygens (including phenoxy) is 1. The second kappa shape index (κ2) is 7.05. The summed E-state index contributed by atoms with van der Waals surface area (Å²) in [6.45, 7) is 0.353. The molecule has 0 spiro atoms. The van der Waals surface area contributed by atoms with Gasteiger partial charge in [-0.2, -0.15) is 0 Å². The van der Waals surface area contributed by atoms with Gasteiger partial charge in [0, 0.05) is 66.8 Å². The highest BCUT2D eigenvalue weighted by Crippen LogP contribution is 2.37. The Morgan fingerprint density at radius 3 is 2.77 bits per heavy atom. The van der Waals surface area contributed by atoms with Crippen molar-refractivity contribution >= 4 is 28.8 Å². The average molecular weight is 376 g/mol. The summed E-state index contributed by atoms with van der Waals surface area (Å²) in [5.74, 6) is -1.15. The first-order valence-corrected chi connectivity index (χ1v) is 8.38. The van der Waals surface area contributed by atoms with Crippen molar-refractivity contribution in [1.29, 1.82) is 0 Å². The van der Waals surface area contributed by atoms with Crippen molar-refractivity contribution in [3.63, 3.8) is 0 Å². The van der Waals surface area contributed by atoms with Gasteiger partial charge in [-0.25, -0.2) is 4.39 Å². The van der Waals surface area contributed by atoms with E-state index in [4.69, 9.17) is 22.1 Å². The largest absolute Gasteiger partial charge is 0.398 e. The van der Waals surface area contributed by atoms with Crippen LogP contribution in [-0.4, -0.2) is 43.6 Å². The number of fused-ring (bicyclic) bond motifs is 1. The van der Waals surface area contributed by atoms with Crippen LogP contribution in [0.15, 0.2) is 29.4 Å². The standard InChI is InChI=1S/C19H19ClFN3O2/c1-24(2)19(25)17-15(22)5-4-11(18(17)21)10-6-12-13(9-26-3)14(20)7-16(12)23-8-10/h4-6,8H,7,9,22H2,1-3H3. The number of nitrogens with two attached hydrogens (primary N) is 1. The highest BCUT2D eigenvalue weighted by atomic mass is 35.5. The number of hydrogen-bond donors (Lipinski definition) is 1. The smallest absolute Gasteiger partial charge is 0.258 e. The lowest BCUT2D eigenvalue weighted by Crippen LogP contribution is -2.24. The molecule has 7 heteroatoms. The molecule has 0 bridgehead atoms. The number of benzene rings is 1.